The third-order valence-corrected chi connectivity index (χ3v) is 4.56. The monoisotopic (exact) mass is 458 g/mol. The van der Waals surface area contributed by atoms with Gasteiger partial charge in [-0.1, -0.05) is 30.3 Å². The number of benzene rings is 1. The summed E-state index contributed by atoms with van der Waals surface area (Å²) in [4.78, 5) is 19.0. The van der Waals surface area contributed by atoms with Crippen molar-refractivity contribution in [2.24, 2.45) is 10.4 Å². The minimum atomic E-state index is -0.506. The molecule has 0 aliphatic carbocycles. The van der Waals surface area contributed by atoms with E-state index >= 15 is 0 Å². The number of rotatable bonds is 5. The molecule has 140 valence electrons. The van der Waals surface area contributed by atoms with Gasteiger partial charge in [0.2, 0.25) is 5.91 Å². The zero-order chi connectivity index (χ0) is 17.6. The Bertz CT molecular complexity index is 574. The number of carbonyl (C=O) groups excluding carboxylic acids is 1. The maximum absolute atomic E-state index is 11.9. The molecule has 1 heterocycles. The molecule has 1 atom stereocenters. The molecule has 1 fully saturated rings. The summed E-state index contributed by atoms with van der Waals surface area (Å²) in [5, 5.41) is 6.09. The van der Waals surface area contributed by atoms with Gasteiger partial charge in [0.1, 0.15) is 0 Å². The minimum absolute atomic E-state index is 0. The van der Waals surface area contributed by atoms with E-state index in [9.17, 15) is 4.79 Å². The van der Waals surface area contributed by atoms with Gasteiger partial charge < -0.3 is 15.5 Å². The van der Waals surface area contributed by atoms with Crippen LogP contribution in [0.3, 0.4) is 0 Å². The van der Waals surface area contributed by atoms with Crippen molar-refractivity contribution in [2.75, 3.05) is 33.2 Å². The molecule has 2 N–H and O–H groups in total. The highest BCUT2D eigenvalue weighted by molar-refractivity contribution is 14.0. The lowest BCUT2D eigenvalue weighted by Crippen LogP contribution is -2.42. The van der Waals surface area contributed by atoms with E-state index in [1.165, 1.54) is 5.56 Å². The van der Waals surface area contributed by atoms with Crippen LogP contribution in [0.5, 0.6) is 0 Å². The van der Waals surface area contributed by atoms with Gasteiger partial charge in [-0.3, -0.25) is 9.79 Å². The molecule has 5 nitrogen and oxygen atoms in total. The van der Waals surface area contributed by atoms with Crippen molar-refractivity contribution >= 4 is 35.8 Å². The molecule has 0 spiro atoms. The third kappa shape index (κ3) is 5.87. The number of nitrogens with zero attached hydrogens (tertiary/aromatic N) is 2. The van der Waals surface area contributed by atoms with Crippen LogP contribution in [0, 0.1) is 5.41 Å². The largest absolute Gasteiger partial charge is 0.359 e. The van der Waals surface area contributed by atoms with Crippen molar-refractivity contribution < 1.29 is 4.79 Å². The molecular weight excluding hydrogens is 427 g/mol. The van der Waals surface area contributed by atoms with Crippen molar-refractivity contribution in [2.45, 2.75) is 33.1 Å². The zero-order valence-corrected chi connectivity index (χ0v) is 18.0. The molecule has 1 aliphatic heterocycles. The van der Waals surface area contributed by atoms with Gasteiger partial charge in [0.15, 0.2) is 5.96 Å². The number of guanidine groups is 1. The number of amides is 1. The van der Waals surface area contributed by atoms with E-state index in [0.717, 1.165) is 32.0 Å². The molecule has 1 unspecified atom stereocenters. The Labute approximate surface area is 168 Å². The van der Waals surface area contributed by atoms with E-state index in [4.69, 9.17) is 4.99 Å². The van der Waals surface area contributed by atoms with Crippen LogP contribution in [0.2, 0.25) is 0 Å². The van der Waals surface area contributed by atoms with Crippen molar-refractivity contribution in [3.63, 3.8) is 0 Å². The summed E-state index contributed by atoms with van der Waals surface area (Å²) >= 11 is 0. The summed E-state index contributed by atoms with van der Waals surface area (Å²) in [6.07, 6.45) is 1.13. The van der Waals surface area contributed by atoms with Crippen molar-refractivity contribution in [3.05, 3.63) is 35.9 Å². The van der Waals surface area contributed by atoms with Gasteiger partial charge >= 0.3 is 0 Å². The Morgan fingerprint density at radius 2 is 2.00 bits per heavy atom. The van der Waals surface area contributed by atoms with E-state index in [1.807, 2.05) is 13.8 Å². The van der Waals surface area contributed by atoms with Gasteiger partial charge in [-0.05, 0) is 32.8 Å². The van der Waals surface area contributed by atoms with Gasteiger partial charge in [-0.25, -0.2) is 0 Å². The molecule has 1 aromatic carbocycles. The van der Waals surface area contributed by atoms with E-state index in [2.05, 4.69) is 52.8 Å². The van der Waals surface area contributed by atoms with E-state index in [0.29, 0.717) is 12.5 Å². The molecule has 2 rings (SSSR count). The number of nitrogens with one attached hydrogen (secondary N) is 2. The van der Waals surface area contributed by atoms with Crippen molar-refractivity contribution in [3.8, 4) is 0 Å². The second kappa shape index (κ2) is 9.99. The summed E-state index contributed by atoms with van der Waals surface area (Å²) in [5.41, 5.74) is 0.884. The molecule has 1 aromatic rings. The first-order chi connectivity index (χ1) is 11.5. The van der Waals surface area contributed by atoms with Crippen molar-refractivity contribution in [1.82, 2.24) is 15.5 Å². The molecule has 0 saturated carbocycles. The van der Waals surface area contributed by atoms with Crippen LogP contribution in [-0.4, -0.2) is 50.0 Å². The maximum atomic E-state index is 11.9. The van der Waals surface area contributed by atoms with Gasteiger partial charge in [-0.15, -0.1) is 24.0 Å². The van der Waals surface area contributed by atoms with E-state index < -0.39 is 5.41 Å². The lowest BCUT2D eigenvalue weighted by molar-refractivity contribution is -0.128. The molecule has 0 radical (unpaired) electrons. The summed E-state index contributed by atoms with van der Waals surface area (Å²) in [5.74, 6) is 1.47. The molecule has 0 aromatic heterocycles. The average Bonchev–Trinajstić information content (AvgIpc) is 3.08. The Kier molecular flexibility index (Phi) is 8.68. The predicted molar refractivity (Wildman–Crippen MR) is 115 cm³/mol. The molecule has 1 amide bonds. The molecule has 25 heavy (non-hydrogen) atoms. The highest BCUT2D eigenvalue weighted by atomic mass is 127. The number of aliphatic imine (C=N–C) groups is 1. The highest BCUT2D eigenvalue weighted by Crippen LogP contribution is 2.27. The van der Waals surface area contributed by atoms with Gasteiger partial charge in [0.05, 0.1) is 12.0 Å². The first kappa shape index (κ1) is 21.7. The fourth-order valence-corrected chi connectivity index (χ4v) is 3.06. The van der Waals surface area contributed by atoms with Crippen LogP contribution in [0.4, 0.5) is 0 Å². The van der Waals surface area contributed by atoms with Crippen LogP contribution in [-0.2, 0) is 4.79 Å². The highest BCUT2D eigenvalue weighted by Gasteiger charge is 2.29. The average molecular weight is 458 g/mol. The summed E-state index contributed by atoms with van der Waals surface area (Å²) in [7, 11) is 1.67. The SMILES string of the molecule is CCNC(=NCC(C)(C)C(=O)NC)N1CCC(c2ccccc2)C1.I. The second-order valence-corrected chi connectivity index (χ2v) is 6.98. The molecular formula is C19H31IN4O. The number of likely N-dealkylation sites (tertiary alicyclic amines) is 1. The van der Waals surface area contributed by atoms with E-state index in [1.54, 1.807) is 7.05 Å². The molecule has 1 saturated heterocycles. The predicted octanol–water partition coefficient (Wildman–Crippen LogP) is 2.83. The quantitative estimate of drug-likeness (QED) is 0.406. The Morgan fingerprint density at radius 3 is 2.60 bits per heavy atom. The zero-order valence-electron chi connectivity index (χ0n) is 15.7. The van der Waals surface area contributed by atoms with Gasteiger partial charge in [-0.2, -0.15) is 0 Å². The van der Waals surface area contributed by atoms with Crippen LogP contribution >= 0.6 is 24.0 Å². The maximum Gasteiger partial charge on any atom is 0.227 e. The summed E-state index contributed by atoms with van der Waals surface area (Å²) < 4.78 is 0. The van der Waals surface area contributed by atoms with E-state index in [-0.39, 0.29) is 29.9 Å². The Hall–Kier alpha value is -1.31. The van der Waals surface area contributed by atoms with Gasteiger partial charge in [0, 0.05) is 32.6 Å². The van der Waals surface area contributed by atoms with Crippen molar-refractivity contribution in [1.29, 1.82) is 0 Å². The topological polar surface area (TPSA) is 56.7 Å². The lowest BCUT2D eigenvalue weighted by Gasteiger charge is -2.25. The molecule has 6 heteroatoms. The standard InChI is InChI=1S/C19H30N4O.HI/c1-5-21-18(22-14-19(2,3)17(24)20-4)23-12-11-16(13-23)15-9-7-6-8-10-15;/h6-10,16H,5,11-14H2,1-4H3,(H,20,24)(H,21,22);1H. The Balaban J connectivity index is 0.00000312. The van der Waals surface area contributed by atoms with Crippen LogP contribution < -0.4 is 10.6 Å². The molecule has 0 bridgehead atoms. The first-order valence-electron chi connectivity index (χ1n) is 8.78. The van der Waals surface area contributed by atoms with Crippen LogP contribution in [0.15, 0.2) is 35.3 Å². The molecule has 1 aliphatic rings. The number of hydrogen-bond donors (Lipinski definition) is 2. The smallest absolute Gasteiger partial charge is 0.227 e. The van der Waals surface area contributed by atoms with Gasteiger partial charge in [0.25, 0.3) is 0 Å². The number of halogens is 1. The summed E-state index contributed by atoms with van der Waals surface area (Å²) in [6, 6.07) is 10.7. The fourth-order valence-electron chi connectivity index (χ4n) is 3.06. The second-order valence-electron chi connectivity index (χ2n) is 6.98. The number of hydrogen-bond acceptors (Lipinski definition) is 2. The third-order valence-electron chi connectivity index (χ3n) is 4.56. The lowest BCUT2D eigenvalue weighted by atomic mass is 9.93. The number of carbonyl (C=O) groups is 1. The van der Waals surface area contributed by atoms with Crippen LogP contribution in [0.25, 0.3) is 0 Å². The minimum Gasteiger partial charge on any atom is -0.359 e. The normalized spacial score (nSPS) is 17.8. The van der Waals surface area contributed by atoms with Crippen LogP contribution in [0.1, 0.15) is 38.7 Å². The fraction of sp³-hybridized carbons (Fsp3) is 0.579. The Morgan fingerprint density at radius 1 is 1.32 bits per heavy atom. The first-order valence-corrected chi connectivity index (χ1v) is 8.78. The summed E-state index contributed by atoms with van der Waals surface area (Å²) in [6.45, 7) is 9.19.